The number of aromatic hydroxyl groups is 1. The highest BCUT2D eigenvalue weighted by Crippen LogP contribution is 2.44. The first-order valence-corrected chi connectivity index (χ1v) is 5.40. The second-order valence-electron chi connectivity index (χ2n) is 5.02. The Morgan fingerprint density at radius 2 is 2.00 bits per heavy atom. The highest BCUT2D eigenvalue weighted by Gasteiger charge is 2.31. The Hall–Kier alpha value is -1.18. The van der Waals surface area contributed by atoms with Gasteiger partial charge in [0.05, 0.1) is 6.61 Å². The van der Waals surface area contributed by atoms with Crippen molar-refractivity contribution in [2.45, 2.75) is 39.5 Å². The van der Waals surface area contributed by atoms with Gasteiger partial charge in [-0.2, -0.15) is 0 Å². The lowest BCUT2D eigenvalue weighted by Crippen LogP contribution is -2.27. The normalized spacial score (nSPS) is 18.1. The number of benzene rings is 1. The van der Waals surface area contributed by atoms with Crippen LogP contribution >= 0.6 is 0 Å². The van der Waals surface area contributed by atoms with Crippen molar-refractivity contribution < 1.29 is 9.84 Å². The molecule has 0 unspecified atom stereocenters. The maximum Gasteiger partial charge on any atom is 0.123 e. The maximum absolute atomic E-state index is 9.94. The minimum atomic E-state index is 0.100. The molecule has 0 aliphatic carbocycles. The van der Waals surface area contributed by atoms with E-state index in [4.69, 9.17) is 4.74 Å². The van der Waals surface area contributed by atoms with E-state index in [0.717, 1.165) is 35.5 Å². The lowest BCUT2D eigenvalue weighted by Gasteiger charge is -2.34. The second-order valence-corrected chi connectivity index (χ2v) is 5.02. The molecule has 2 nitrogen and oxygen atoms in total. The van der Waals surface area contributed by atoms with Gasteiger partial charge < -0.3 is 9.84 Å². The number of fused-ring (bicyclic) bond motifs is 1. The Kier molecular flexibility index (Phi) is 2.18. The van der Waals surface area contributed by atoms with E-state index in [0.29, 0.717) is 5.75 Å². The summed E-state index contributed by atoms with van der Waals surface area (Å²) in [5.74, 6) is 1.35. The van der Waals surface area contributed by atoms with Crippen molar-refractivity contribution in [2.75, 3.05) is 6.61 Å². The molecule has 2 heteroatoms. The summed E-state index contributed by atoms with van der Waals surface area (Å²) in [4.78, 5) is 0. The number of ether oxygens (including phenoxy) is 1. The van der Waals surface area contributed by atoms with Gasteiger partial charge in [0, 0.05) is 5.56 Å². The standard InChI is InChI=1S/C13H18O2/c1-8-7-10-11(9(2)12(8)14)13(3,4)5-6-15-10/h7,14H,5-6H2,1-4H3. The van der Waals surface area contributed by atoms with Gasteiger partial charge in [-0.25, -0.2) is 0 Å². The number of hydrogen-bond donors (Lipinski definition) is 1. The Labute approximate surface area is 90.9 Å². The molecule has 0 fully saturated rings. The molecule has 1 N–H and O–H groups in total. The van der Waals surface area contributed by atoms with Gasteiger partial charge in [0.1, 0.15) is 11.5 Å². The summed E-state index contributed by atoms with van der Waals surface area (Å²) in [6.45, 7) is 9.06. The van der Waals surface area contributed by atoms with Gasteiger partial charge in [0.2, 0.25) is 0 Å². The zero-order chi connectivity index (χ0) is 11.2. The van der Waals surface area contributed by atoms with Gasteiger partial charge in [-0.1, -0.05) is 13.8 Å². The number of phenolic OH excluding ortho intramolecular Hbond substituents is 1. The van der Waals surface area contributed by atoms with Crippen LogP contribution in [0.2, 0.25) is 0 Å². The fourth-order valence-electron chi connectivity index (χ4n) is 2.43. The summed E-state index contributed by atoms with van der Waals surface area (Å²) in [7, 11) is 0. The van der Waals surface area contributed by atoms with E-state index in [-0.39, 0.29) is 5.41 Å². The molecule has 1 aliphatic heterocycles. The highest BCUT2D eigenvalue weighted by molar-refractivity contribution is 5.55. The Bertz CT molecular complexity index is 405. The minimum Gasteiger partial charge on any atom is -0.507 e. The van der Waals surface area contributed by atoms with Crippen molar-refractivity contribution in [1.29, 1.82) is 0 Å². The SMILES string of the molecule is Cc1cc2c(c(C)c1O)C(C)(C)CCO2. The third-order valence-electron chi connectivity index (χ3n) is 3.36. The molecule has 1 heterocycles. The van der Waals surface area contributed by atoms with Crippen LogP contribution in [0.25, 0.3) is 0 Å². The average molecular weight is 206 g/mol. The van der Waals surface area contributed by atoms with Crippen LogP contribution in [0.15, 0.2) is 6.07 Å². The zero-order valence-electron chi connectivity index (χ0n) is 9.85. The van der Waals surface area contributed by atoms with Crippen molar-refractivity contribution in [3.63, 3.8) is 0 Å². The molecule has 0 spiro atoms. The highest BCUT2D eigenvalue weighted by atomic mass is 16.5. The largest absolute Gasteiger partial charge is 0.507 e. The molecule has 0 atom stereocenters. The predicted octanol–water partition coefficient (Wildman–Crippen LogP) is 3.07. The average Bonchev–Trinajstić information content (AvgIpc) is 2.12. The van der Waals surface area contributed by atoms with E-state index < -0.39 is 0 Å². The van der Waals surface area contributed by atoms with Gasteiger partial charge in [0.25, 0.3) is 0 Å². The van der Waals surface area contributed by atoms with E-state index in [2.05, 4.69) is 13.8 Å². The van der Waals surface area contributed by atoms with Crippen molar-refractivity contribution in [3.8, 4) is 11.5 Å². The van der Waals surface area contributed by atoms with Gasteiger partial charge in [-0.15, -0.1) is 0 Å². The van der Waals surface area contributed by atoms with Gasteiger partial charge in [-0.05, 0) is 42.9 Å². The Morgan fingerprint density at radius 3 is 2.67 bits per heavy atom. The van der Waals surface area contributed by atoms with Crippen LogP contribution in [-0.4, -0.2) is 11.7 Å². The first-order valence-electron chi connectivity index (χ1n) is 5.40. The summed E-state index contributed by atoms with van der Waals surface area (Å²) in [6, 6.07) is 1.94. The van der Waals surface area contributed by atoms with Gasteiger partial charge in [-0.3, -0.25) is 0 Å². The van der Waals surface area contributed by atoms with Crippen LogP contribution in [-0.2, 0) is 5.41 Å². The minimum absolute atomic E-state index is 0.100. The third kappa shape index (κ3) is 1.48. The molecule has 0 bridgehead atoms. The van der Waals surface area contributed by atoms with Crippen LogP contribution in [0.5, 0.6) is 11.5 Å². The van der Waals surface area contributed by atoms with Crippen molar-refractivity contribution in [2.24, 2.45) is 0 Å². The number of hydrogen-bond acceptors (Lipinski definition) is 2. The molecule has 82 valence electrons. The van der Waals surface area contributed by atoms with Crippen molar-refractivity contribution in [3.05, 3.63) is 22.8 Å². The lowest BCUT2D eigenvalue weighted by atomic mass is 9.77. The fraction of sp³-hybridized carbons (Fsp3) is 0.538. The molecule has 0 saturated carbocycles. The zero-order valence-corrected chi connectivity index (χ0v) is 9.85. The van der Waals surface area contributed by atoms with E-state index in [9.17, 15) is 5.11 Å². The summed E-state index contributed by atoms with van der Waals surface area (Å²) in [5, 5.41) is 9.94. The number of aryl methyl sites for hydroxylation is 1. The smallest absolute Gasteiger partial charge is 0.123 e. The van der Waals surface area contributed by atoms with E-state index in [1.54, 1.807) is 0 Å². The summed E-state index contributed by atoms with van der Waals surface area (Å²) in [6.07, 6.45) is 1.00. The summed E-state index contributed by atoms with van der Waals surface area (Å²) in [5.41, 5.74) is 3.12. The summed E-state index contributed by atoms with van der Waals surface area (Å²) < 4.78 is 5.66. The molecule has 1 aliphatic rings. The van der Waals surface area contributed by atoms with Crippen LogP contribution in [0.4, 0.5) is 0 Å². The second kappa shape index (κ2) is 3.16. The van der Waals surface area contributed by atoms with Gasteiger partial charge >= 0.3 is 0 Å². The van der Waals surface area contributed by atoms with Crippen LogP contribution in [0.1, 0.15) is 37.0 Å². The van der Waals surface area contributed by atoms with Crippen LogP contribution in [0, 0.1) is 13.8 Å². The third-order valence-corrected chi connectivity index (χ3v) is 3.36. The van der Waals surface area contributed by atoms with Gasteiger partial charge in [0.15, 0.2) is 0 Å². The van der Waals surface area contributed by atoms with E-state index in [1.807, 2.05) is 19.9 Å². The Balaban J connectivity index is 2.71. The quantitative estimate of drug-likeness (QED) is 0.707. The van der Waals surface area contributed by atoms with Crippen molar-refractivity contribution >= 4 is 0 Å². The lowest BCUT2D eigenvalue weighted by molar-refractivity contribution is 0.232. The predicted molar refractivity (Wildman–Crippen MR) is 60.7 cm³/mol. The topological polar surface area (TPSA) is 29.5 Å². The molecule has 0 saturated heterocycles. The molecular weight excluding hydrogens is 188 g/mol. The van der Waals surface area contributed by atoms with Crippen LogP contribution in [0.3, 0.4) is 0 Å². The van der Waals surface area contributed by atoms with E-state index >= 15 is 0 Å². The fourth-order valence-corrected chi connectivity index (χ4v) is 2.43. The molecule has 0 amide bonds. The maximum atomic E-state index is 9.94. The molecule has 2 rings (SSSR count). The van der Waals surface area contributed by atoms with Crippen molar-refractivity contribution in [1.82, 2.24) is 0 Å². The number of phenols is 1. The molecule has 15 heavy (non-hydrogen) atoms. The first-order chi connectivity index (χ1) is 6.93. The molecule has 1 aromatic rings. The van der Waals surface area contributed by atoms with Crippen LogP contribution < -0.4 is 4.74 Å². The first kappa shape index (κ1) is 10.3. The summed E-state index contributed by atoms with van der Waals surface area (Å²) >= 11 is 0. The molecular formula is C13H18O2. The van der Waals surface area contributed by atoms with E-state index in [1.165, 1.54) is 0 Å². The monoisotopic (exact) mass is 206 g/mol. The molecule has 0 radical (unpaired) electrons. The molecule has 1 aromatic carbocycles. The Morgan fingerprint density at radius 1 is 1.33 bits per heavy atom. The molecule has 0 aromatic heterocycles. The number of rotatable bonds is 0.